The van der Waals surface area contributed by atoms with Crippen molar-refractivity contribution in [2.24, 2.45) is 5.10 Å². The van der Waals surface area contributed by atoms with E-state index in [0.717, 1.165) is 32.7 Å². The van der Waals surface area contributed by atoms with Gasteiger partial charge in [-0.2, -0.15) is 5.10 Å². The maximum absolute atomic E-state index is 4.66. The molecule has 1 aromatic heterocycles. The number of quaternary nitrogens is 1. The van der Waals surface area contributed by atoms with E-state index in [1.165, 1.54) is 26.1 Å². The SMILES string of the molecule is Cc1ccc(C=NN2CC[NH+](Cc3cccc4ccccc34)CC2)s1. The third-order valence-electron chi connectivity index (χ3n) is 4.88. The van der Waals surface area contributed by atoms with Gasteiger partial charge in [-0.3, -0.25) is 5.01 Å². The van der Waals surface area contributed by atoms with Crippen LogP contribution in [-0.4, -0.2) is 37.4 Å². The fourth-order valence-corrected chi connectivity index (χ4v) is 4.22. The van der Waals surface area contributed by atoms with E-state index in [4.69, 9.17) is 0 Å². The minimum Gasteiger partial charge on any atom is -0.328 e. The van der Waals surface area contributed by atoms with Crippen LogP contribution in [0.25, 0.3) is 10.8 Å². The number of thiophene rings is 1. The van der Waals surface area contributed by atoms with Gasteiger partial charge in [0.2, 0.25) is 0 Å². The Hall–Kier alpha value is -2.17. The smallest absolute Gasteiger partial charge is 0.104 e. The van der Waals surface area contributed by atoms with E-state index in [1.807, 2.05) is 6.21 Å². The van der Waals surface area contributed by atoms with Crippen molar-refractivity contribution in [3.8, 4) is 0 Å². The second kappa shape index (κ2) is 7.38. The van der Waals surface area contributed by atoms with Crippen molar-refractivity contribution in [3.05, 3.63) is 69.9 Å². The van der Waals surface area contributed by atoms with Crippen LogP contribution in [0, 0.1) is 6.92 Å². The zero-order valence-electron chi connectivity index (χ0n) is 14.6. The Morgan fingerprint density at radius 3 is 2.64 bits per heavy atom. The van der Waals surface area contributed by atoms with Crippen LogP contribution in [0.5, 0.6) is 0 Å². The highest BCUT2D eigenvalue weighted by molar-refractivity contribution is 7.13. The first kappa shape index (κ1) is 16.3. The lowest BCUT2D eigenvalue weighted by atomic mass is 10.0. The summed E-state index contributed by atoms with van der Waals surface area (Å²) in [5.41, 5.74) is 1.46. The molecular formula is C21H24N3S+. The predicted molar refractivity (Wildman–Crippen MR) is 107 cm³/mol. The van der Waals surface area contributed by atoms with Gasteiger partial charge >= 0.3 is 0 Å². The van der Waals surface area contributed by atoms with Gasteiger partial charge in [0.05, 0.1) is 32.4 Å². The molecule has 4 rings (SSSR count). The second-order valence-electron chi connectivity index (χ2n) is 6.71. The average molecular weight is 351 g/mol. The van der Waals surface area contributed by atoms with Crippen molar-refractivity contribution in [1.29, 1.82) is 0 Å². The fourth-order valence-electron chi connectivity index (χ4n) is 3.48. The molecule has 1 saturated heterocycles. The van der Waals surface area contributed by atoms with Crippen molar-refractivity contribution in [1.82, 2.24) is 5.01 Å². The molecule has 0 aliphatic carbocycles. The lowest BCUT2D eigenvalue weighted by Crippen LogP contribution is -3.13. The molecular weight excluding hydrogens is 326 g/mol. The summed E-state index contributed by atoms with van der Waals surface area (Å²) in [5.74, 6) is 0. The van der Waals surface area contributed by atoms with Crippen molar-refractivity contribution in [3.63, 3.8) is 0 Å². The van der Waals surface area contributed by atoms with Gasteiger partial charge in [0.1, 0.15) is 6.54 Å². The molecule has 0 radical (unpaired) electrons. The normalized spacial score (nSPS) is 16.1. The van der Waals surface area contributed by atoms with Crippen LogP contribution >= 0.6 is 11.3 Å². The number of aryl methyl sites for hydroxylation is 1. The number of hydrogen-bond acceptors (Lipinski definition) is 3. The third-order valence-corrected chi connectivity index (χ3v) is 5.81. The number of benzene rings is 2. The molecule has 1 aliphatic heterocycles. The predicted octanol–water partition coefficient (Wildman–Crippen LogP) is 2.94. The molecule has 0 unspecified atom stereocenters. The maximum Gasteiger partial charge on any atom is 0.104 e. The van der Waals surface area contributed by atoms with E-state index in [2.05, 4.69) is 71.6 Å². The van der Waals surface area contributed by atoms with Crippen LogP contribution in [-0.2, 0) is 6.54 Å². The number of hydrogen-bond donors (Lipinski definition) is 1. The zero-order valence-corrected chi connectivity index (χ0v) is 15.4. The first-order valence-corrected chi connectivity index (χ1v) is 9.75. The second-order valence-corrected chi connectivity index (χ2v) is 8.03. The van der Waals surface area contributed by atoms with Gasteiger partial charge in [0.15, 0.2) is 0 Å². The summed E-state index contributed by atoms with van der Waals surface area (Å²) in [6.45, 7) is 7.58. The monoisotopic (exact) mass is 350 g/mol. The fraction of sp³-hybridized carbons (Fsp3) is 0.286. The van der Waals surface area contributed by atoms with E-state index in [9.17, 15) is 0 Å². The van der Waals surface area contributed by atoms with Crippen LogP contribution in [0.4, 0.5) is 0 Å². The van der Waals surface area contributed by atoms with Crippen LogP contribution in [0.2, 0.25) is 0 Å². The molecule has 0 atom stereocenters. The Morgan fingerprint density at radius 1 is 1.04 bits per heavy atom. The highest BCUT2D eigenvalue weighted by atomic mass is 32.1. The van der Waals surface area contributed by atoms with Crippen LogP contribution in [0.15, 0.2) is 59.7 Å². The molecule has 0 saturated carbocycles. The molecule has 3 nitrogen and oxygen atoms in total. The highest BCUT2D eigenvalue weighted by Gasteiger charge is 2.19. The number of hydrazone groups is 1. The lowest BCUT2D eigenvalue weighted by molar-refractivity contribution is -0.918. The van der Waals surface area contributed by atoms with Gasteiger partial charge in [-0.1, -0.05) is 42.5 Å². The molecule has 3 aromatic rings. The van der Waals surface area contributed by atoms with Gasteiger partial charge < -0.3 is 4.90 Å². The Balaban J connectivity index is 1.36. The van der Waals surface area contributed by atoms with Crippen LogP contribution in [0.3, 0.4) is 0 Å². The minimum atomic E-state index is 1.03. The Kier molecular flexibility index (Phi) is 4.81. The summed E-state index contributed by atoms with van der Waals surface area (Å²) >= 11 is 1.80. The van der Waals surface area contributed by atoms with Crippen molar-refractivity contribution < 1.29 is 4.90 Å². The van der Waals surface area contributed by atoms with E-state index in [1.54, 1.807) is 16.2 Å². The van der Waals surface area contributed by atoms with Crippen LogP contribution in [0.1, 0.15) is 15.3 Å². The van der Waals surface area contributed by atoms with Gasteiger partial charge in [-0.05, 0) is 29.8 Å². The quantitative estimate of drug-likeness (QED) is 0.717. The zero-order chi connectivity index (χ0) is 17.1. The van der Waals surface area contributed by atoms with Crippen molar-refractivity contribution >= 4 is 28.3 Å². The molecule has 0 bridgehead atoms. The number of rotatable bonds is 4. The summed E-state index contributed by atoms with van der Waals surface area (Å²) in [6.07, 6.45) is 2.01. The first-order valence-electron chi connectivity index (χ1n) is 8.93. The van der Waals surface area contributed by atoms with Gasteiger partial charge in [-0.15, -0.1) is 11.3 Å². The summed E-state index contributed by atoms with van der Waals surface area (Å²) < 4.78 is 0. The van der Waals surface area contributed by atoms with Gasteiger partial charge in [0, 0.05) is 15.3 Å². The van der Waals surface area contributed by atoms with Crippen LogP contribution < -0.4 is 4.90 Å². The molecule has 0 amide bonds. The summed E-state index contributed by atoms with van der Waals surface area (Å²) in [7, 11) is 0. The number of nitrogens with zero attached hydrogens (tertiary/aromatic N) is 2. The molecule has 1 aliphatic rings. The van der Waals surface area contributed by atoms with E-state index >= 15 is 0 Å². The number of nitrogens with one attached hydrogen (secondary N) is 1. The number of piperazine rings is 1. The Morgan fingerprint density at radius 2 is 1.84 bits per heavy atom. The largest absolute Gasteiger partial charge is 0.328 e. The molecule has 128 valence electrons. The minimum absolute atomic E-state index is 1.03. The van der Waals surface area contributed by atoms with E-state index in [0.29, 0.717) is 0 Å². The highest BCUT2D eigenvalue weighted by Crippen LogP contribution is 2.17. The third kappa shape index (κ3) is 3.91. The van der Waals surface area contributed by atoms with Crippen molar-refractivity contribution in [2.45, 2.75) is 13.5 Å². The molecule has 2 heterocycles. The van der Waals surface area contributed by atoms with Gasteiger partial charge in [0.25, 0.3) is 0 Å². The standard InChI is InChI=1S/C21H23N3S/c1-17-9-10-20(25-17)15-22-24-13-11-23(12-14-24)16-19-7-4-6-18-5-2-3-8-21(18)19/h2-10,15H,11-14,16H2,1H3/p+1. The van der Waals surface area contributed by atoms with E-state index < -0.39 is 0 Å². The molecule has 25 heavy (non-hydrogen) atoms. The molecule has 4 heteroatoms. The molecule has 0 spiro atoms. The van der Waals surface area contributed by atoms with E-state index in [-0.39, 0.29) is 0 Å². The average Bonchev–Trinajstić information content (AvgIpc) is 3.07. The maximum atomic E-state index is 4.66. The summed E-state index contributed by atoms with van der Waals surface area (Å²) in [6, 6.07) is 19.7. The Labute approximate surface area is 153 Å². The number of fused-ring (bicyclic) bond motifs is 1. The Bertz CT molecular complexity index is 870. The van der Waals surface area contributed by atoms with Crippen molar-refractivity contribution in [2.75, 3.05) is 26.2 Å². The van der Waals surface area contributed by atoms with Gasteiger partial charge in [-0.25, -0.2) is 0 Å². The molecule has 2 aromatic carbocycles. The molecule has 1 N–H and O–H groups in total. The topological polar surface area (TPSA) is 20.0 Å². The molecule has 1 fully saturated rings. The first-order chi connectivity index (χ1) is 12.3. The lowest BCUT2D eigenvalue weighted by Gasteiger charge is -2.30. The summed E-state index contributed by atoms with van der Waals surface area (Å²) in [5, 5.41) is 9.61. The summed E-state index contributed by atoms with van der Waals surface area (Å²) in [4.78, 5) is 4.23.